The Morgan fingerprint density at radius 3 is 2.55 bits per heavy atom. The van der Waals surface area contributed by atoms with E-state index >= 15 is 8.78 Å². The number of carbonyl (C=O) groups excluding carboxylic acids is 3. The molecule has 75 heavy (non-hydrogen) atoms. The van der Waals surface area contributed by atoms with Gasteiger partial charge < -0.3 is 24.6 Å². The summed E-state index contributed by atoms with van der Waals surface area (Å²) in [5.74, 6) is 1.57. The number of pyridine rings is 1. The molecule has 0 saturated carbocycles. The number of carbonyl (C=O) groups is 3. The van der Waals surface area contributed by atoms with E-state index in [0.717, 1.165) is 94.7 Å². The zero-order chi connectivity index (χ0) is 51.5. The van der Waals surface area contributed by atoms with E-state index in [2.05, 4.69) is 31.3 Å². The zero-order valence-corrected chi connectivity index (χ0v) is 42.3. The third-order valence-electron chi connectivity index (χ3n) is 17.3. The monoisotopic (exact) mass is 1020 g/mol. The number of aromatic nitrogens is 5. The van der Waals surface area contributed by atoms with E-state index in [1.54, 1.807) is 36.0 Å². The Balaban J connectivity index is 0.670. The number of imide groups is 1. The minimum atomic E-state index is -0.713. The number of piperazine rings is 1. The lowest BCUT2D eigenvalue weighted by atomic mass is 9.91. The number of hydrogen-bond acceptors (Lipinski definition) is 12. The highest BCUT2D eigenvalue weighted by Crippen LogP contribution is 2.44. The number of fused-ring (bicyclic) bond motifs is 6. The number of ether oxygens (including phenoxy) is 2. The number of rotatable bonds is 13. The molecule has 18 heteroatoms. The van der Waals surface area contributed by atoms with Crippen molar-refractivity contribution >= 4 is 56.4 Å². The van der Waals surface area contributed by atoms with Crippen molar-refractivity contribution in [2.24, 2.45) is 13.0 Å². The van der Waals surface area contributed by atoms with E-state index in [9.17, 15) is 19.2 Å². The molecule has 3 amide bonds. The quantitative estimate of drug-likeness (QED) is 0.0674. The van der Waals surface area contributed by atoms with Crippen molar-refractivity contribution in [1.82, 2.24) is 44.5 Å². The molecule has 6 saturated heterocycles. The molecular weight excluding hydrogens is 959 g/mol. The lowest BCUT2D eigenvalue weighted by Gasteiger charge is -2.36. The highest BCUT2D eigenvalue weighted by atomic mass is 19.1. The van der Waals surface area contributed by atoms with Crippen molar-refractivity contribution in [2.45, 2.75) is 120 Å². The Bertz CT molecular complexity index is 3350. The summed E-state index contributed by atoms with van der Waals surface area (Å²) in [6.45, 7) is 4.14. The van der Waals surface area contributed by atoms with Gasteiger partial charge in [-0.1, -0.05) is 55.2 Å². The van der Waals surface area contributed by atoms with Crippen LogP contribution in [0.1, 0.15) is 101 Å². The van der Waals surface area contributed by atoms with E-state index in [1.807, 2.05) is 29.2 Å². The summed E-state index contributed by atoms with van der Waals surface area (Å²) >= 11 is 0. The summed E-state index contributed by atoms with van der Waals surface area (Å²) in [4.78, 5) is 72.3. The number of benzene rings is 3. The van der Waals surface area contributed by atoms with E-state index < -0.39 is 23.6 Å². The van der Waals surface area contributed by atoms with Crippen molar-refractivity contribution in [3.63, 3.8) is 0 Å². The second-order valence-electron chi connectivity index (χ2n) is 21.7. The van der Waals surface area contributed by atoms with Crippen molar-refractivity contribution in [1.29, 1.82) is 0 Å². The van der Waals surface area contributed by atoms with Crippen LogP contribution < -0.4 is 26.0 Å². The Morgan fingerprint density at radius 1 is 0.933 bits per heavy atom. The molecule has 16 nitrogen and oxygen atoms in total. The molecule has 6 fully saturated rings. The van der Waals surface area contributed by atoms with Gasteiger partial charge in [-0.15, -0.1) is 6.42 Å². The molecule has 9 heterocycles. The van der Waals surface area contributed by atoms with Gasteiger partial charge in [-0.05, 0) is 106 Å². The van der Waals surface area contributed by atoms with Gasteiger partial charge in [0.15, 0.2) is 5.82 Å². The minimum absolute atomic E-state index is 0.0148. The van der Waals surface area contributed by atoms with Gasteiger partial charge in [0.1, 0.15) is 42.1 Å². The number of terminal acetylenes is 1. The summed E-state index contributed by atoms with van der Waals surface area (Å²) in [5, 5.41) is 7.60. The molecule has 6 aliphatic heterocycles. The van der Waals surface area contributed by atoms with E-state index in [-0.39, 0.29) is 77.2 Å². The molecule has 2 bridgehead atoms. The van der Waals surface area contributed by atoms with Crippen molar-refractivity contribution in [3.8, 4) is 29.6 Å². The maximum atomic E-state index is 17.2. The molecular formula is C57H62F2N10O6. The normalized spacial score (nSPS) is 24.1. The molecule has 390 valence electrons. The lowest BCUT2D eigenvalue weighted by molar-refractivity contribution is -0.135. The Hall–Kier alpha value is -6.97. The SMILES string of the molecule is C#Cc1c(F)ccc2cccc(-c3ncc4c(N5CC6CCC(C5)N6)nc(OC[C@@]56CCCN5[C@H](COC(=O)N5CCC(CCCCc7cccc8c7n(C)c(=O)n8C7CCC(=O)NC7=O)CC5)CC6)nc4c3F)c12. The van der Waals surface area contributed by atoms with Gasteiger partial charge >= 0.3 is 17.8 Å². The van der Waals surface area contributed by atoms with Crippen LogP contribution in [0.25, 0.3) is 44.0 Å². The molecule has 0 spiro atoms. The fourth-order valence-corrected chi connectivity index (χ4v) is 13.5. The summed E-state index contributed by atoms with van der Waals surface area (Å²) in [7, 11) is 1.74. The Kier molecular flexibility index (Phi) is 13.0. The summed E-state index contributed by atoms with van der Waals surface area (Å²) in [6, 6.07) is 14.1. The summed E-state index contributed by atoms with van der Waals surface area (Å²) in [5.41, 5.74) is 2.53. The van der Waals surface area contributed by atoms with Crippen molar-refractivity contribution in [3.05, 3.63) is 88.0 Å². The third-order valence-corrected chi connectivity index (χ3v) is 17.3. The fraction of sp³-hybridized carbons (Fsp3) is 0.491. The number of nitrogens with zero attached hydrogens (tertiary/aromatic N) is 8. The molecule has 12 rings (SSSR count). The van der Waals surface area contributed by atoms with Gasteiger partial charge in [-0.2, -0.15) is 9.97 Å². The van der Waals surface area contributed by atoms with Crippen molar-refractivity contribution in [2.75, 3.05) is 50.8 Å². The zero-order valence-electron chi connectivity index (χ0n) is 42.3. The van der Waals surface area contributed by atoms with Crippen LogP contribution in [0.3, 0.4) is 0 Å². The number of nitrogens with one attached hydrogen (secondary N) is 2. The van der Waals surface area contributed by atoms with Crippen LogP contribution in [-0.2, 0) is 27.8 Å². The first kappa shape index (κ1) is 48.9. The molecule has 0 aliphatic carbocycles. The van der Waals surface area contributed by atoms with E-state index in [1.165, 1.54) is 10.6 Å². The number of amides is 3. The first-order chi connectivity index (χ1) is 36.5. The van der Waals surface area contributed by atoms with E-state index in [0.29, 0.717) is 78.2 Å². The van der Waals surface area contributed by atoms with Gasteiger partial charge in [0.2, 0.25) is 11.8 Å². The average molecular weight is 1020 g/mol. The predicted octanol–water partition coefficient (Wildman–Crippen LogP) is 7.31. The van der Waals surface area contributed by atoms with Crippen LogP contribution in [0, 0.1) is 29.9 Å². The maximum Gasteiger partial charge on any atom is 0.409 e. The number of anilines is 1. The summed E-state index contributed by atoms with van der Waals surface area (Å²) in [6.07, 6.45) is 18.9. The predicted molar refractivity (Wildman–Crippen MR) is 279 cm³/mol. The van der Waals surface area contributed by atoms with Gasteiger partial charge in [0.25, 0.3) is 0 Å². The highest BCUT2D eigenvalue weighted by Gasteiger charge is 2.50. The third kappa shape index (κ3) is 8.94. The van der Waals surface area contributed by atoms with E-state index in [4.69, 9.17) is 25.9 Å². The van der Waals surface area contributed by atoms with Gasteiger partial charge in [-0.25, -0.2) is 18.4 Å². The Morgan fingerprint density at radius 2 is 1.75 bits per heavy atom. The van der Waals surface area contributed by atoms with Crippen LogP contribution in [0.5, 0.6) is 6.01 Å². The fourth-order valence-electron chi connectivity index (χ4n) is 13.5. The Labute approximate surface area is 433 Å². The van der Waals surface area contributed by atoms with Crippen molar-refractivity contribution < 1.29 is 32.6 Å². The molecule has 2 N–H and O–H groups in total. The summed E-state index contributed by atoms with van der Waals surface area (Å²) < 4.78 is 48.1. The number of halogens is 2. The number of piperidine rings is 2. The number of likely N-dealkylation sites (tertiary alicyclic amines) is 1. The minimum Gasteiger partial charge on any atom is -0.461 e. The van der Waals surface area contributed by atoms with Crippen LogP contribution in [-0.4, -0.2) is 121 Å². The molecule has 6 aliphatic rings. The number of imidazole rings is 1. The second-order valence-corrected chi connectivity index (χ2v) is 21.7. The topological polar surface area (TPSA) is 169 Å². The first-order valence-electron chi connectivity index (χ1n) is 26.9. The van der Waals surface area contributed by atoms with Gasteiger partial charge in [0.05, 0.1) is 27.5 Å². The molecule has 3 unspecified atom stereocenters. The van der Waals surface area contributed by atoms with Crippen LogP contribution >= 0.6 is 0 Å². The largest absolute Gasteiger partial charge is 0.461 e. The standard InChI is InChI=1S/C57H62F2N10O6/c1-3-40-43(58)18-15-35-11-6-13-41(47(35)40)49-48(59)50-42(29-60-49)52(67-30-37-16-17-38(31-67)61-37)64-54(63-50)75-33-57-24-8-26-68(57)39(21-25-57)32-74-56(73)66-27-22-34(23-28-66)9-4-5-10-36-12-7-14-44-51(36)65(2)55(72)69(44)45-19-20-46(70)62-53(45)71/h1,6-7,11-15,18,29,34,37-39,45,61H,4-5,8-10,16-17,19-28,30-33H2,2H3,(H,62,70,71)/t37?,38?,39-,45?,57-/m0/s1. The van der Waals surface area contributed by atoms with Crippen LogP contribution in [0.2, 0.25) is 0 Å². The first-order valence-corrected chi connectivity index (χ1v) is 26.9. The number of unbranched alkanes of at least 4 members (excludes halogenated alkanes) is 1. The average Bonchev–Trinajstić information content (AvgIpc) is 4.19. The van der Waals surface area contributed by atoms with Gasteiger partial charge in [0, 0.05) is 74.9 Å². The lowest BCUT2D eigenvalue weighted by Crippen LogP contribution is -2.51. The molecule has 0 radical (unpaired) electrons. The maximum absolute atomic E-state index is 17.2. The van der Waals surface area contributed by atoms with Gasteiger partial charge in [-0.3, -0.25) is 33.9 Å². The number of aryl methyl sites for hydroxylation is 2. The smallest absolute Gasteiger partial charge is 0.409 e. The highest BCUT2D eigenvalue weighted by molar-refractivity contribution is 6.02. The molecule has 3 aromatic heterocycles. The molecule has 5 atom stereocenters. The molecule has 6 aromatic rings. The number of hydrogen-bond donors (Lipinski definition) is 2. The second kappa shape index (κ2) is 20.0. The number of para-hydroxylation sites is 1. The van der Waals surface area contributed by atoms with Crippen LogP contribution in [0.15, 0.2) is 59.5 Å². The van der Waals surface area contributed by atoms with Crippen LogP contribution in [0.4, 0.5) is 19.4 Å². The molecule has 3 aromatic carbocycles.